The predicted molar refractivity (Wildman–Crippen MR) is 60.4 cm³/mol. The topological polar surface area (TPSA) is 48.1 Å². The lowest BCUT2D eigenvalue weighted by atomic mass is 10.1. The zero-order chi connectivity index (χ0) is 8.60. The van der Waals surface area contributed by atoms with Gasteiger partial charge in [-0.3, -0.25) is 0 Å². The lowest BCUT2D eigenvalue weighted by Crippen LogP contribution is -2.18. The van der Waals surface area contributed by atoms with Gasteiger partial charge in [-0.2, -0.15) is 0 Å². The van der Waals surface area contributed by atoms with E-state index in [1.807, 2.05) is 12.1 Å². The van der Waals surface area contributed by atoms with Crippen molar-refractivity contribution < 1.29 is 4.74 Å². The molecule has 1 aromatic rings. The second-order valence-electron chi connectivity index (χ2n) is 3.24. The van der Waals surface area contributed by atoms with E-state index >= 15 is 0 Å². The molecule has 2 N–H and O–H groups in total. The Kier molecular flexibility index (Phi) is 4.65. The van der Waals surface area contributed by atoms with Gasteiger partial charge in [0.05, 0.1) is 7.11 Å². The van der Waals surface area contributed by atoms with Crippen LogP contribution in [0.5, 0.6) is 5.88 Å². The van der Waals surface area contributed by atoms with Gasteiger partial charge in [0.1, 0.15) is 0 Å². The molecule has 0 radical (unpaired) electrons. The standard InChI is InChI=1S/C9H12N2O.2ClH/c1-12-8-6-7(2-5-11-8)9(10)3-4-9;;/h2,5-6H,3-4,10H2,1H3;2*1H. The molecule has 0 aromatic carbocycles. The Morgan fingerprint density at radius 2 is 2.07 bits per heavy atom. The monoisotopic (exact) mass is 236 g/mol. The minimum atomic E-state index is -0.0871. The van der Waals surface area contributed by atoms with Gasteiger partial charge >= 0.3 is 0 Å². The first-order valence-corrected chi connectivity index (χ1v) is 4.04. The van der Waals surface area contributed by atoms with Crippen molar-refractivity contribution in [2.24, 2.45) is 5.73 Å². The van der Waals surface area contributed by atoms with Crippen LogP contribution in [0.3, 0.4) is 0 Å². The normalized spacial score (nSPS) is 16.1. The minimum Gasteiger partial charge on any atom is -0.481 e. The Morgan fingerprint density at radius 1 is 1.43 bits per heavy atom. The lowest BCUT2D eigenvalue weighted by molar-refractivity contribution is 0.396. The van der Waals surface area contributed by atoms with Gasteiger partial charge in [0, 0.05) is 17.8 Å². The first-order chi connectivity index (χ1) is 5.74. The van der Waals surface area contributed by atoms with Crippen LogP contribution < -0.4 is 10.5 Å². The van der Waals surface area contributed by atoms with E-state index in [0.717, 1.165) is 18.4 Å². The second-order valence-corrected chi connectivity index (χ2v) is 3.24. The highest BCUT2D eigenvalue weighted by molar-refractivity contribution is 5.85. The molecular formula is C9H14Cl2N2O. The number of ether oxygens (including phenoxy) is 1. The van der Waals surface area contributed by atoms with E-state index in [1.54, 1.807) is 13.3 Å². The highest BCUT2D eigenvalue weighted by Crippen LogP contribution is 2.42. The molecule has 1 aliphatic carbocycles. The summed E-state index contributed by atoms with van der Waals surface area (Å²) in [5, 5.41) is 0. The zero-order valence-electron chi connectivity index (χ0n) is 7.90. The molecule has 80 valence electrons. The molecule has 0 bridgehead atoms. The van der Waals surface area contributed by atoms with Gasteiger partial charge in [0.25, 0.3) is 0 Å². The maximum Gasteiger partial charge on any atom is 0.213 e. The van der Waals surface area contributed by atoms with Gasteiger partial charge in [-0.1, -0.05) is 0 Å². The number of halogens is 2. The number of pyridine rings is 1. The number of hydrogen-bond donors (Lipinski definition) is 1. The summed E-state index contributed by atoms with van der Waals surface area (Å²) in [6.07, 6.45) is 3.88. The number of aromatic nitrogens is 1. The largest absolute Gasteiger partial charge is 0.481 e. The molecule has 0 aliphatic heterocycles. The fourth-order valence-corrected chi connectivity index (χ4v) is 1.25. The quantitative estimate of drug-likeness (QED) is 0.854. The van der Waals surface area contributed by atoms with E-state index in [9.17, 15) is 0 Å². The van der Waals surface area contributed by atoms with Crippen LogP contribution in [0.2, 0.25) is 0 Å². The highest BCUT2D eigenvalue weighted by atomic mass is 35.5. The van der Waals surface area contributed by atoms with Gasteiger partial charge in [-0.15, -0.1) is 24.8 Å². The van der Waals surface area contributed by atoms with Crippen LogP contribution in [-0.2, 0) is 5.54 Å². The van der Waals surface area contributed by atoms with Crippen molar-refractivity contribution in [3.8, 4) is 5.88 Å². The number of rotatable bonds is 2. The van der Waals surface area contributed by atoms with E-state index < -0.39 is 0 Å². The van der Waals surface area contributed by atoms with Crippen molar-refractivity contribution >= 4 is 24.8 Å². The van der Waals surface area contributed by atoms with Crippen molar-refractivity contribution in [3.05, 3.63) is 23.9 Å². The molecule has 2 rings (SSSR count). The Labute approximate surface area is 95.9 Å². The zero-order valence-corrected chi connectivity index (χ0v) is 9.53. The third-order valence-electron chi connectivity index (χ3n) is 2.31. The maximum atomic E-state index is 6.01. The fraction of sp³-hybridized carbons (Fsp3) is 0.444. The van der Waals surface area contributed by atoms with Gasteiger partial charge in [0.2, 0.25) is 5.88 Å². The first kappa shape index (κ1) is 13.5. The van der Waals surface area contributed by atoms with Crippen LogP contribution in [0.1, 0.15) is 18.4 Å². The summed E-state index contributed by atoms with van der Waals surface area (Å²) in [6.45, 7) is 0. The van der Waals surface area contributed by atoms with E-state index in [0.29, 0.717) is 5.88 Å². The van der Waals surface area contributed by atoms with Gasteiger partial charge < -0.3 is 10.5 Å². The van der Waals surface area contributed by atoms with E-state index in [2.05, 4.69) is 4.98 Å². The molecule has 0 spiro atoms. The summed E-state index contributed by atoms with van der Waals surface area (Å²) in [5.41, 5.74) is 7.05. The van der Waals surface area contributed by atoms with Crippen molar-refractivity contribution in [2.75, 3.05) is 7.11 Å². The molecule has 1 heterocycles. The van der Waals surface area contributed by atoms with Gasteiger partial charge in [-0.25, -0.2) is 4.98 Å². The van der Waals surface area contributed by atoms with Gasteiger partial charge in [-0.05, 0) is 24.5 Å². The van der Waals surface area contributed by atoms with Crippen LogP contribution in [0.25, 0.3) is 0 Å². The summed E-state index contributed by atoms with van der Waals surface area (Å²) in [7, 11) is 1.61. The van der Waals surface area contributed by atoms with Crippen LogP contribution in [-0.4, -0.2) is 12.1 Å². The average molecular weight is 237 g/mol. The molecule has 3 nitrogen and oxygen atoms in total. The fourth-order valence-electron chi connectivity index (χ4n) is 1.25. The number of nitrogens with zero attached hydrogens (tertiary/aromatic N) is 1. The highest BCUT2D eigenvalue weighted by Gasteiger charge is 2.40. The predicted octanol–water partition coefficient (Wildman–Crippen LogP) is 1.88. The third-order valence-corrected chi connectivity index (χ3v) is 2.31. The molecule has 0 amide bonds. The average Bonchev–Trinajstić information content (AvgIpc) is 2.85. The second kappa shape index (κ2) is 4.82. The Morgan fingerprint density at radius 3 is 2.57 bits per heavy atom. The Bertz CT molecular complexity index is 303. The molecule has 1 aromatic heterocycles. The van der Waals surface area contributed by atoms with E-state index in [-0.39, 0.29) is 30.4 Å². The smallest absolute Gasteiger partial charge is 0.213 e. The summed E-state index contributed by atoms with van der Waals surface area (Å²) in [4.78, 5) is 4.02. The Balaban J connectivity index is 0.000000845. The molecule has 1 saturated carbocycles. The third kappa shape index (κ3) is 2.50. The lowest BCUT2D eigenvalue weighted by Gasteiger charge is -2.08. The van der Waals surface area contributed by atoms with Crippen LogP contribution in [0.4, 0.5) is 0 Å². The maximum absolute atomic E-state index is 6.01. The molecule has 14 heavy (non-hydrogen) atoms. The number of hydrogen-bond acceptors (Lipinski definition) is 3. The van der Waals surface area contributed by atoms with Crippen LogP contribution >= 0.6 is 24.8 Å². The number of methoxy groups -OCH3 is 1. The van der Waals surface area contributed by atoms with Crippen LogP contribution in [0, 0.1) is 0 Å². The van der Waals surface area contributed by atoms with Crippen molar-refractivity contribution in [1.82, 2.24) is 4.98 Å². The van der Waals surface area contributed by atoms with Crippen molar-refractivity contribution in [1.29, 1.82) is 0 Å². The molecule has 1 fully saturated rings. The van der Waals surface area contributed by atoms with E-state index in [4.69, 9.17) is 10.5 Å². The van der Waals surface area contributed by atoms with Crippen molar-refractivity contribution in [2.45, 2.75) is 18.4 Å². The summed E-state index contributed by atoms with van der Waals surface area (Å²) >= 11 is 0. The van der Waals surface area contributed by atoms with E-state index in [1.165, 1.54) is 0 Å². The molecule has 1 aliphatic rings. The molecule has 5 heteroatoms. The molecular weight excluding hydrogens is 223 g/mol. The van der Waals surface area contributed by atoms with Gasteiger partial charge in [0.15, 0.2) is 0 Å². The summed E-state index contributed by atoms with van der Waals surface area (Å²) in [5.74, 6) is 0.643. The SMILES string of the molecule is COc1cc(C2(N)CC2)ccn1.Cl.Cl. The molecule has 0 saturated heterocycles. The summed E-state index contributed by atoms with van der Waals surface area (Å²) in [6, 6.07) is 3.86. The van der Waals surface area contributed by atoms with Crippen LogP contribution in [0.15, 0.2) is 18.3 Å². The minimum absolute atomic E-state index is 0. The molecule has 0 unspecified atom stereocenters. The molecule has 0 atom stereocenters. The number of nitrogens with two attached hydrogens (primary N) is 1. The Hall–Kier alpha value is -0.510. The van der Waals surface area contributed by atoms with Crippen molar-refractivity contribution in [3.63, 3.8) is 0 Å². The summed E-state index contributed by atoms with van der Waals surface area (Å²) < 4.78 is 5.01. The first-order valence-electron chi connectivity index (χ1n) is 4.04.